The van der Waals surface area contributed by atoms with E-state index in [0.717, 1.165) is 30.6 Å². The van der Waals surface area contributed by atoms with Crippen LogP contribution < -0.4 is 11.1 Å². The summed E-state index contributed by atoms with van der Waals surface area (Å²) >= 11 is 0. The molecule has 18 heavy (non-hydrogen) atoms. The van der Waals surface area contributed by atoms with Gasteiger partial charge in [0.05, 0.1) is 11.6 Å². The fourth-order valence-corrected chi connectivity index (χ4v) is 2.51. The highest BCUT2D eigenvalue weighted by atomic mass is 16.5. The monoisotopic (exact) mass is 251 g/mol. The van der Waals surface area contributed by atoms with Gasteiger partial charge in [0, 0.05) is 30.8 Å². The van der Waals surface area contributed by atoms with Crippen LogP contribution in [0.15, 0.2) is 18.5 Å². The lowest BCUT2D eigenvalue weighted by molar-refractivity contribution is -0.0481. The molecule has 0 aliphatic heterocycles. The van der Waals surface area contributed by atoms with Gasteiger partial charge in [0.25, 0.3) is 0 Å². The van der Waals surface area contributed by atoms with Crippen LogP contribution in [-0.2, 0) is 4.74 Å². The normalized spacial score (nSPS) is 13.6. The van der Waals surface area contributed by atoms with Crippen LogP contribution in [0.1, 0.15) is 45.2 Å². The van der Waals surface area contributed by atoms with E-state index in [-0.39, 0.29) is 11.6 Å². The summed E-state index contributed by atoms with van der Waals surface area (Å²) in [5.41, 5.74) is 7.62. The number of hydrogen-bond acceptors (Lipinski definition) is 4. The lowest BCUT2D eigenvalue weighted by atomic mass is 9.83. The van der Waals surface area contributed by atoms with E-state index in [1.165, 1.54) is 0 Å². The number of nitrogens with one attached hydrogen (secondary N) is 1. The largest absolute Gasteiger partial charge is 0.398 e. The number of anilines is 1. The molecule has 0 fully saturated rings. The molecule has 0 spiro atoms. The summed E-state index contributed by atoms with van der Waals surface area (Å²) in [5.74, 6) is 0. The minimum atomic E-state index is -0.243. The minimum absolute atomic E-state index is 0.0659. The molecule has 4 nitrogen and oxygen atoms in total. The van der Waals surface area contributed by atoms with E-state index in [4.69, 9.17) is 10.5 Å². The summed E-state index contributed by atoms with van der Waals surface area (Å²) in [6.07, 6.45) is 5.40. The zero-order chi connectivity index (χ0) is 13.6. The van der Waals surface area contributed by atoms with Gasteiger partial charge in [0.1, 0.15) is 0 Å². The van der Waals surface area contributed by atoms with Gasteiger partial charge in [-0.1, -0.05) is 20.8 Å². The molecule has 1 unspecified atom stereocenters. The molecule has 1 atom stereocenters. The van der Waals surface area contributed by atoms with Crippen LogP contribution in [0.5, 0.6) is 0 Å². The molecular formula is C14H25N3O. The Morgan fingerprint density at radius 2 is 2.06 bits per heavy atom. The van der Waals surface area contributed by atoms with Crippen LogP contribution in [0.2, 0.25) is 0 Å². The standard InChI is InChI=1S/C14H25N3O/c1-5-14(6-2,18-4)13(17-7-3)11-10-16-9-8-12(11)15/h8-10,13,17H,5-7H2,1-4H3,(H2,15,16). The molecule has 4 heteroatoms. The topological polar surface area (TPSA) is 60.2 Å². The minimum Gasteiger partial charge on any atom is -0.398 e. The zero-order valence-corrected chi connectivity index (χ0v) is 11.9. The van der Waals surface area contributed by atoms with Crippen molar-refractivity contribution in [3.05, 3.63) is 24.0 Å². The van der Waals surface area contributed by atoms with Gasteiger partial charge in [0.15, 0.2) is 0 Å². The first-order chi connectivity index (χ1) is 8.65. The highest BCUT2D eigenvalue weighted by Gasteiger charge is 2.37. The highest BCUT2D eigenvalue weighted by molar-refractivity contribution is 5.47. The van der Waals surface area contributed by atoms with E-state index >= 15 is 0 Å². The predicted molar refractivity (Wildman–Crippen MR) is 75.4 cm³/mol. The van der Waals surface area contributed by atoms with Crippen LogP contribution in [0.3, 0.4) is 0 Å². The number of methoxy groups -OCH3 is 1. The third-order valence-electron chi connectivity index (χ3n) is 3.74. The Kier molecular flexibility index (Phi) is 5.56. The number of rotatable bonds is 7. The molecule has 1 aromatic rings. The molecule has 1 heterocycles. The van der Waals surface area contributed by atoms with Crippen molar-refractivity contribution < 1.29 is 4.74 Å². The quantitative estimate of drug-likeness (QED) is 0.781. The van der Waals surface area contributed by atoms with Crippen molar-refractivity contribution in [2.24, 2.45) is 0 Å². The maximum Gasteiger partial charge on any atom is 0.0868 e. The number of pyridine rings is 1. The van der Waals surface area contributed by atoms with Crippen molar-refractivity contribution in [3.63, 3.8) is 0 Å². The maximum absolute atomic E-state index is 6.08. The van der Waals surface area contributed by atoms with Gasteiger partial charge in [-0.25, -0.2) is 0 Å². The first-order valence-electron chi connectivity index (χ1n) is 6.63. The van der Waals surface area contributed by atoms with Crippen LogP contribution >= 0.6 is 0 Å². The average molecular weight is 251 g/mol. The van der Waals surface area contributed by atoms with Crippen molar-refractivity contribution in [1.82, 2.24) is 10.3 Å². The van der Waals surface area contributed by atoms with Crippen molar-refractivity contribution in [3.8, 4) is 0 Å². The van der Waals surface area contributed by atoms with E-state index in [0.29, 0.717) is 0 Å². The van der Waals surface area contributed by atoms with Gasteiger partial charge in [-0.15, -0.1) is 0 Å². The molecule has 0 aliphatic carbocycles. The summed E-state index contributed by atoms with van der Waals surface area (Å²) in [4.78, 5) is 4.19. The maximum atomic E-state index is 6.08. The second kappa shape index (κ2) is 6.71. The number of nitrogen functional groups attached to an aromatic ring is 1. The lowest BCUT2D eigenvalue weighted by Gasteiger charge is -2.39. The van der Waals surface area contributed by atoms with Crippen molar-refractivity contribution >= 4 is 5.69 Å². The third-order valence-corrected chi connectivity index (χ3v) is 3.74. The Morgan fingerprint density at radius 3 is 2.50 bits per heavy atom. The predicted octanol–water partition coefficient (Wildman–Crippen LogP) is 2.52. The molecule has 3 N–H and O–H groups in total. The van der Waals surface area contributed by atoms with Gasteiger partial charge in [-0.2, -0.15) is 0 Å². The van der Waals surface area contributed by atoms with Crippen LogP contribution in [0, 0.1) is 0 Å². The van der Waals surface area contributed by atoms with E-state index in [1.807, 2.05) is 12.3 Å². The Balaban J connectivity index is 3.20. The molecule has 0 radical (unpaired) electrons. The molecule has 0 saturated heterocycles. The second-order valence-electron chi connectivity index (χ2n) is 4.47. The number of nitrogens with two attached hydrogens (primary N) is 1. The summed E-state index contributed by atoms with van der Waals surface area (Å²) in [6.45, 7) is 7.24. The second-order valence-corrected chi connectivity index (χ2v) is 4.47. The van der Waals surface area contributed by atoms with E-state index in [2.05, 4.69) is 31.1 Å². The molecule has 0 bridgehead atoms. The summed E-state index contributed by atoms with van der Waals surface area (Å²) in [6, 6.07) is 1.90. The van der Waals surface area contributed by atoms with Crippen molar-refractivity contribution in [1.29, 1.82) is 0 Å². The molecule has 1 aromatic heterocycles. The molecular weight excluding hydrogens is 226 g/mol. The first-order valence-corrected chi connectivity index (χ1v) is 6.63. The van der Waals surface area contributed by atoms with Gasteiger partial charge < -0.3 is 15.8 Å². The van der Waals surface area contributed by atoms with Crippen molar-refractivity contribution in [2.75, 3.05) is 19.4 Å². The number of hydrogen-bond donors (Lipinski definition) is 2. The molecule has 0 aromatic carbocycles. The molecule has 0 saturated carbocycles. The highest BCUT2D eigenvalue weighted by Crippen LogP contribution is 2.36. The van der Waals surface area contributed by atoms with E-state index in [9.17, 15) is 0 Å². The Bertz CT molecular complexity index is 356. The SMILES string of the molecule is CCNC(c1cnccc1N)C(CC)(CC)OC. The van der Waals surface area contributed by atoms with Crippen molar-refractivity contribution in [2.45, 2.75) is 45.3 Å². The fraction of sp³-hybridized carbons (Fsp3) is 0.643. The number of nitrogens with zero attached hydrogens (tertiary/aromatic N) is 1. The lowest BCUT2D eigenvalue weighted by Crippen LogP contribution is -2.45. The molecule has 0 amide bonds. The van der Waals surface area contributed by atoms with Crippen LogP contribution in [-0.4, -0.2) is 24.2 Å². The Hall–Kier alpha value is -1.13. The molecule has 102 valence electrons. The average Bonchev–Trinajstić information content (AvgIpc) is 2.41. The van der Waals surface area contributed by atoms with Gasteiger partial charge >= 0.3 is 0 Å². The van der Waals surface area contributed by atoms with Gasteiger partial charge in [-0.3, -0.25) is 4.98 Å². The van der Waals surface area contributed by atoms with E-state index in [1.54, 1.807) is 13.3 Å². The summed E-state index contributed by atoms with van der Waals surface area (Å²) in [5, 5.41) is 3.49. The third kappa shape index (κ3) is 2.82. The van der Waals surface area contributed by atoms with E-state index < -0.39 is 0 Å². The van der Waals surface area contributed by atoms with Gasteiger partial charge in [0.2, 0.25) is 0 Å². The molecule has 0 aliphatic rings. The number of aromatic nitrogens is 1. The fourth-order valence-electron chi connectivity index (χ4n) is 2.51. The first kappa shape index (κ1) is 14.9. The van der Waals surface area contributed by atoms with Crippen LogP contribution in [0.25, 0.3) is 0 Å². The molecule has 1 rings (SSSR count). The smallest absolute Gasteiger partial charge is 0.0868 e. The van der Waals surface area contributed by atoms with Crippen LogP contribution in [0.4, 0.5) is 5.69 Å². The Labute approximate surface area is 110 Å². The van der Waals surface area contributed by atoms with Gasteiger partial charge in [-0.05, 0) is 25.5 Å². The summed E-state index contributed by atoms with van der Waals surface area (Å²) < 4.78 is 5.81. The summed E-state index contributed by atoms with van der Waals surface area (Å²) in [7, 11) is 1.77. The number of likely N-dealkylation sites (N-methyl/N-ethyl adjacent to an activating group) is 1. The zero-order valence-electron chi connectivity index (χ0n) is 11.9. The number of ether oxygens (including phenoxy) is 1. The Morgan fingerprint density at radius 1 is 1.39 bits per heavy atom.